The van der Waals surface area contributed by atoms with Crippen LogP contribution in [0.15, 0.2) is 182 Å². The highest BCUT2D eigenvalue weighted by molar-refractivity contribution is 7.47. The average molecular weight is 1340 g/mol. The minimum Gasteiger partial charge on any atom is -0.462 e. The van der Waals surface area contributed by atoms with E-state index in [1.54, 1.807) is 0 Å². The summed E-state index contributed by atoms with van der Waals surface area (Å²) in [7, 11) is -4.42. The molecule has 0 aromatic carbocycles. The maximum atomic E-state index is 12.8. The number of unbranched alkanes of at least 4 members (excludes halogenated alkanes) is 27. The summed E-state index contributed by atoms with van der Waals surface area (Å²) in [5, 5.41) is 0. The van der Waals surface area contributed by atoms with Crippen LogP contribution >= 0.6 is 7.82 Å². The molecule has 10 heteroatoms. The quantitative estimate of drug-likeness (QED) is 0.0264. The number of esters is 2. The van der Waals surface area contributed by atoms with Gasteiger partial charge < -0.3 is 20.1 Å². The number of phosphoric acid groups is 1. The van der Waals surface area contributed by atoms with E-state index in [-0.39, 0.29) is 32.6 Å². The van der Waals surface area contributed by atoms with Gasteiger partial charge in [0.15, 0.2) is 6.10 Å². The van der Waals surface area contributed by atoms with Gasteiger partial charge in [0.05, 0.1) is 13.2 Å². The number of rotatable bonds is 70. The van der Waals surface area contributed by atoms with Crippen molar-refractivity contribution in [3.63, 3.8) is 0 Å². The molecule has 2 atom stereocenters. The third-order valence-corrected chi connectivity index (χ3v) is 16.8. The van der Waals surface area contributed by atoms with Crippen molar-refractivity contribution in [1.82, 2.24) is 0 Å². The Labute approximate surface area is 584 Å². The van der Waals surface area contributed by atoms with Crippen molar-refractivity contribution in [1.29, 1.82) is 0 Å². The second-order valence-corrected chi connectivity index (χ2v) is 26.2. The Bertz CT molecular complexity index is 2220. The van der Waals surface area contributed by atoms with Crippen molar-refractivity contribution < 1.29 is 37.6 Å². The maximum absolute atomic E-state index is 12.8. The molecule has 538 valence electrons. The number of ether oxygens (including phenoxy) is 2. The number of phosphoric ester groups is 1. The fourth-order valence-electron chi connectivity index (χ4n) is 10.2. The molecule has 0 amide bonds. The fourth-order valence-corrected chi connectivity index (χ4v) is 11.0. The van der Waals surface area contributed by atoms with Gasteiger partial charge in [-0.05, 0) is 135 Å². The van der Waals surface area contributed by atoms with Crippen LogP contribution in [0.5, 0.6) is 0 Å². The zero-order chi connectivity index (χ0) is 68.6. The predicted molar refractivity (Wildman–Crippen MR) is 412 cm³/mol. The zero-order valence-electron chi connectivity index (χ0n) is 60.6. The third kappa shape index (κ3) is 78.0. The minimum absolute atomic E-state index is 0.0401. The van der Waals surface area contributed by atoms with Gasteiger partial charge in [-0.3, -0.25) is 18.6 Å². The summed E-state index contributed by atoms with van der Waals surface area (Å²) in [6.07, 6.45) is 117. The number of carbonyl (C=O) groups excluding carboxylic acids is 2. The highest BCUT2D eigenvalue weighted by Gasteiger charge is 2.26. The van der Waals surface area contributed by atoms with Crippen LogP contribution in [-0.4, -0.2) is 49.3 Å². The Morgan fingerprint density at radius 3 is 0.821 bits per heavy atom. The van der Waals surface area contributed by atoms with Gasteiger partial charge in [-0.2, -0.15) is 0 Å². The predicted octanol–water partition coefficient (Wildman–Crippen LogP) is 25.9. The first kappa shape index (κ1) is 90.1. The lowest BCUT2D eigenvalue weighted by molar-refractivity contribution is -0.161. The normalized spacial score (nSPS) is 13.9. The van der Waals surface area contributed by atoms with Gasteiger partial charge in [0.2, 0.25) is 0 Å². The highest BCUT2D eigenvalue weighted by Crippen LogP contribution is 2.43. The standard InChI is InChI=1S/C85H140NO8P/c1-3-5-7-9-11-13-15-17-19-21-23-25-27-29-31-33-35-37-39-41-43-45-47-49-51-53-55-57-59-61-63-65-67-69-71-73-75-77-84(87)91-81-83(82-93-95(89,90)92-80-79-86)94-85(88)78-76-74-72-70-68-66-64-62-60-58-56-54-52-50-48-46-44-42-40-38-36-34-32-30-28-26-24-22-20-18-16-14-12-10-8-6-4-2/h5-8,11-14,17-20,23-26,30,32,36,38,42,44,48,50,54,56,60,62,66,68,83H,3-4,9-10,15-16,21-22,27-29,31,33-35,37,39-41,43,45-47,49,51-53,55,57-59,61,63-65,67,69-82,86H2,1-2H3,(H,89,90)/b7-5-,8-6-,13-11-,14-12-,19-17-,20-18-,25-23-,26-24-,32-30-,38-36-,44-42-,50-48-,56-54-,62-60-,68-66-. The Morgan fingerprint density at radius 2 is 0.547 bits per heavy atom. The first-order valence-corrected chi connectivity index (χ1v) is 39.8. The number of carbonyl (C=O) groups is 2. The molecule has 0 bridgehead atoms. The molecule has 0 aromatic heterocycles. The van der Waals surface area contributed by atoms with Crippen LogP contribution in [0.25, 0.3) is 0 Å². The number of nitrogens with two attached hydrogens (primary N) is 1. The molecule has 0 fully saturated rings. The smallest absolute Gasteiger partial charge is 0.462 e. The molecule has 0 saturated heterocycles. The van der Waals surface area contributed by atoms with E-state index in [9.17, 15) is 19.0 Å². The van der Waals surface area contributed by atoms with Crippen LogP contribution in [-0.2, 0) is 32.7 Å². The van der Waals surface area contributed by atoms with E-state index < -0.39 is 32.5 Å². The molecule has 95 heavy (non-hydrogen) atoms. The van der Waals surface area contributed by atoms with Crippen molar-refractivity contribution >= 4 is 19.8 Å². The van der Waals surface area contributed by atoms with E-state index in [1.165, 1.54) is 141 Å². The molecule has 2 unspecified atom stereocenters. The average Bonchev–Trinajstić information content (AvgIpc) is 2.64. The van der Waals surface area contributed by atoms with E-state index in [1.807, 2.05) is 0 Å². The van der Waals surface area contributed by atoms with Crippen LogP contribution in [0, 0.1) is 0 Å². The Kier molecular flexibility index (Phi) is 74.1. The molecule has 0 radical (unpaired) electrons. The molecule has 0 saturated carbocycles. The van der Waals surface area contributed by atoms with Crippen LogP contribution in [0.4, 0.5) is 0 Å². The molecule has 0 aromatic rings. The largest absolute Gasteiger partial charge is 0.472 e. The molecule has 0 aliphatic heterocycles. The monoisotopic (exact) mass is 1330 g/mol. The number of hydrogen-bond acceptors (Lipinski definition) is 8. The van der Waals surface area contributed by atoms with Gasteiger partial charge in [-0.1, -0.05) is 344 Å². The van der Waals surface area contributed by atoms with Crippen molar-refractivity contribution in [2.24, 2.45) is 5.73 Å². The molecule has 0 spiro atoms. The first-order chi connectivity index (χ1) is 46.8. The van der Waals surface area contributed by atoms with Gasteiger partial charge in [0, 0.05) is 19.4 Å². The fraction of sp³-hybridized carbons (Fsp3) is 0.624. The van der Waals surface area contributed by atoms with Crippen molar-refractivity contribution in [2.75, 3.05) is 26.4 Å². The lowest BCUT2D eigenvalue weighted by atomic mass is 10.0. The summed E-state index contributed by atoms with van der Waals surface area (Å²) < 4.78 is 33.2. The summed E-state index contributed by atoms with van der Waals surface area (Å²) in [5.74, 6) is -0.868. The molecule has 9 nitrogen and oxygen atoms in total. The Hall–Kier alpha value is -4.89. The summed E-state index contributed by atoms with van der Waals surface area (Å²) in [4.78, 5) is 35.4. The van der Waals surface area contributed by atoms with E-state index in [4.69, 9.17) is 24.3 Å². The maximum Gasteiger partial charge on any atom is 0.472 e. The van der Waals surface area contributed by atoms with Crippen molar-refractivity contribution in [2.45, 2.75) is 315 Å². The molecule has 0 rings (SSSR count). The molecule has 3 N–H and O–H groups in total. The number of hydrogen-bond donors (Lipinski definition) is 2. The minimum atomic E-state index is -4.42. The lowest BCUT2D eigenvalue weighted by Crippen LogP contribution is -2.29. The third-order valence-electron chi connectivity index (χ3n) is 15.8. The van der Waals surface area contributed by atoms with Crippen molar-refractivity contribution in [3.8, 4) is 0 Å². The second kappa shape index (κ2) is 78.1. The van der Waals surface area contributed by atoms with Crippen LogP contribution < -0.4 is 5.73 Å². The highest BCUT2D eigenvalue weighted by atomic mass is 31.2. The Balaban J connectivity index is 3.94. The summed E-state index contributed by atoms with van der Waals surface area (Å²) in [5.41, 5.74) is 5.41. The van der Waals surface area contributed by atoms with E-state index >= 15 is 0 Å². The van der Waals surface area contributed by atoms with Crippen LogP contribution in [0.2, 0.25) is 0 Å². The Morgan fingerprint density at radius 1 is 0.316 bits per heavy atom. The molecular formula is C85H140NO8P. The summed E-state index contributed by atoms with van der Waals surface area (Å²) in [6.45, 7) is 3.49. The number of allylic oxidation sites excluding steroid dienone is 30. The topological polar surface area (TPSA) is 134 Å². The van der Waals surface area contributed by atoms with Crippen LogP contribution in [0.1, 0.15) is 309 Å². The van der Waals surface area contributed by atoms with Gasteiger partial charge in [0.25, 0.3) is 0 Å². The van der Waals surface area contributed by atoms with Gasteiger partial charge >= 0.3 is 19.8 Å². The molecular weight excluding hydrogens is 1190 g/mol. The SMILES string of the molecule is CC/C=C\C/C=C\C/C=C\C/C=C\C/C=C\C/C=C\C/C=C\C/C=C\C/C=C\C/C=C\C/C=C\CCCCCC(=O)OC(COC(=O)CCCCCCCCCCCCCCCCCCCCCCCCCC/C=C\C/C=C\C/C=C\C/C=C\CC)COP(=O)(O)OCCN. The molecule has 0 aliphatic carbocycles. The lowest BCUT2D eigenvalue weighted by Gasteiger charge is -2.19. The van der Waals surface area contributed by atoms with E-state index in [2.05, 4.69) is 196 Å². The van der Waals surface area contributed by atoms with Gasteiger partial charge in [0.1, 0.15) is 6.61 Å². The first-order valence-electron chi connectivity index (χ1n) is 38.3. The molecule has 0 heterocycles. The zero-order valence-corrected chi connectivity index (χ0v) is 61.5. The van der Waals surface area contributed by atoms with Crippen LogP contribution in [0.3, 0.4) is 0 Å². The summed E-state index contributed by atoms with van der Waals surface area (Å²) >= 11 is 0. The van der Waals surface area contributed by atoms with E-state index in [0.29, 0.717) is 6.42 Å². The van der Waals surface area contributed by atoms with E-state index in [0.717, 1.165) is 135 Å². The molecule has 0 aliphatic rings. The van der Waals surface area contributed by atoms with Gasteiger partial charge in [-0.15, -0.1) is 0 Å². The van der Waals surface area contributed by atoms with Gasteiger partial charge in [-0.25, -0.2) is 4.57 Å². The summed E-state index contributed by atoms with van der Waals surface area (Å²) in [6, 6.07) is 0. The van der Waals surface area contributed by atoms with Crippen molar-refractivity contribution in [3.05, 3.63) is 182 Å². The second-order valence-electron chi connectivity index (χ2n) is 24.8.